The lowest BCUT2D eigenvalue weighted by molar-refractivity contribution is 0.0667. The summed E-state index contributed by atoms with van der Waals surface area (Å²) in [5.41, 5.74) is 1.24. The number of carbonyl (C=O) groups excluding carboxylic acids is 1. The Hall–Kier alpha value is -1.47. The molecular weight excluding hydrogens is 230 g/mol. The first kappa shape index (κ1) is 11.0. The number of carbonyl (C=O) groups is 2. The highest BCUT2D eigenvalue weighted by molar-refractivity contribution is 7.12. The molecule has 0 radical (unpaired) electrons. The minimum absolute atomic E-state index is 0.145. The van der Waals surface area contributed by atoms with Gasteiger partial charge >= 0.3 is 5.97 Å². The molecule has 0 spiro atoms. The van der Waals surface area contributed by atoms with Crippen LogP contribution in [-0.2, 0) is 0 Å². The first-order valence-electron chi connectivity index (χ1n) is 4.87. The average Bonchev–Trinajstić information content (AvgIpc) is 2.78. The fraction of sp³-hybridized carbons (Fsp3) is 0.444. The third kappa shape index (κ3) is 2.05. The van der Waals surface area contributed by atoms with E-state index < -0.39 is 5.97 Å². The molecule has 86 valence electrons. The van der Waals surface area contributed by atoms with Crippen LogP contribution in [0.2, 0.25) is 0 Å². The fourth-order valence-corrected chi connectivity index (χ4v) is 2.31. The molecule has 1 aliphatic rings. The molecule has 1 aliphatic heterocycles. The number of nitrogens with zero attached hydrogens (tertiary/aromatic N) is 2. The Bertz CT molecular complexity index is 412. The standard InChI is InChI=1S/C9H11N3O3S/c13-8(12-3-1-10-2-4-12)7-6(9(14)15)11-5-16-7/h5,10H,1-4H2,(H,14,15). The van der Waals surface area contributed by atoms with Gasteiger partial charge in [0.05, 0.1) is 5.51 Å². The Balaban J connectivity index is 2.19. The van der Waals surface area contributed by atoms with Crippen LogP contribution in [0, 0.1) is 0 Å². The van der Waals surface area contributed by atoms with Crippen molar-refractivity contribution in [1.82, 2.24) is 15.2 Å². The summed E-state index contributed by atoms with van der Waals surface area (Å²) in [6.07, 6.45) is 0. The second-order valence-corrected chi connectivity index (χ2v) is 4.23. The molecule has 0 unspecified atom stereocenters. The second-order valence-electron chi connectivity index (χ2n) is 3.38. The lowest BCUT2D eigenvalue weighted by atomic mass is 10.3. The first-order chi connectivity index (χ1) is 7.70. The second kappa shape index (κ2) is 4.58. The Morgan fingerprint density at radius 3 is 2.75 bits per heavy atom. The molecule has 0 saturated carbocycles. The summed E-state index contributed by atoms with van der Waals surface area (Å²) in [5.74, 6) is -1.39. The smallest absolute Gasteiger partial charge is 0.356 e. The normalized spacial score (nSPS) is 16.1. The summed E-state index contributed by atoms with van der Waals surface area (Å²) >= 11 is 1.08. The summed E-state index contributed by atoms with van der Waals surface area (Å²) < 4.78 is 0. The van der Waals surface area contributed by atoms with Gasteiger partial charge < -0.3 is 15.3 Å². The number of piperazine rings is 1. The van der Waals surface area contributed by atoms with Gasteiger partial charge in [-0.3, -0.25) is 4.79 Å². The zero-order chi connectivity index (χ0) is 11.5. The van der Waals surface area contributed by atoms with Gasteiger partial charge in [-0.15, -0.1) is 11.3 Å². The van der Waals surface area contributed by atoms with Gasteiger partial charge in [-0.25, -0.2) is 9.78 Å². The quantitative estimate of drug-likeness (QED) is 0.754. The van der Waals surface area contributed by atoms with Crippen LogP contribution >= 0.6 is 11.3 Å². The summed E-state index contributed by atoms with van der Waals surface area (Å²) in [4.78, 5) is 28.4. The van der Waals surface area contributed by atoms with Gasteiger partial charge in [-0.1, -0.05) is 0 Å². The highest BCUT2D eigenvalue weighted by atomic mass is 32.1. The molecule has 0 bridgehead atoms. The fourth-order valence-electron chi connectivity index (χ4n) is 1.56. The van der Waals surface area contributed by atoms with Crippen LogP contribution in [0.25, 0.3) is 0 Å². The highest BCUT2D eigenvalue weighted by Gasteiger charge is 2.25. The number of thiazole rings is 1. The molecule has 6 nitrogen and oxygen atoms in total. The zero-order valence-corrected chi connectivity index (χ0v) is 9.29. The maximum atomic E-state index is 12.0. The minimum atomic E-state index is -1.15. The van der Waals surface area contributed by atoms with Crippen molar-refractivity contribution in [2.24, 2.45) is 0 Å². The maximum Gasteiger partial charge on any atom is 0.356 e. The molecule has 1 saturated heterocycles. The predicted molar refractivity (Wildman–Crippen MR) is 57.8 cm³/mol. The maximum absolute atomic E-state index is 12.0. The first-order valence-corrected chi connectivity index (χ1v) is 5.75. The van der Waals surface area contributed by atoms with E-state index in [4.69, 9.17) is 5.11 Å². The van der Waals surface area contributed by atoms with Crippen molar-refractivity contribution in [3.8, 4) is 0 Å². The molecule has 0 aliphatic carbocycles. The largest absolute Gasteiger partial charge is 0.476 e. The number of rotatable bonds is 2. The number of hydrogen-bond donors (Lipinski definition) is 2. The molecule has 16 heavy (non-hydrogen) atoms. The molecule has 2 heterocycles. The Kier molecular flexibility index (Phi) is 3.16. The Morgan fingerprint density at radius 2 is 2.12 bits per heavy atom. The van der Waals surface area contributed by atoms with E-state index in [-0.39, 0.29) is 16.5 Å². The number of aromatic carboxylic acids is 1. The number of amides is 1. The van der Waals surface area contributed by atoms with Crippen LogP contribution in [0.5, 0.6) is 0 Å². The van der Waals surface area contributed by atoms with Crippen molar-refractivity contribution < 1.29 is 14.7 Å². The predicted octanol–water partition coefficient (Wildman–Crippen LogP) is -0.113. The van der Waals surface area contributed by atoms with Crippen LogP contribution in [0.15, 0.2) is 5.51 Å². The van der Waals surface area contributed by atoms with E-state index in [1.807, 2.05) is 0 Å². The van der Waals surface area contributed by atoms with Crippen molar-refractivity contribution in [1.29, 1.82) is 0 Å². The van der Waals surface area contributed by atoms with E-state index in [9.17, 15) is 9.59 Å². The Labute approximate surface area is 95.9 Å². The van der Waals surface area contributed by atoms with Crippen molar-refractivity contribution in [2.75, 3.05) is 26.2 Å². The summed E-state index contributed by atoms with van der Waals surface area (Å²) in [6, 6.07) is 0. The topological polar surface area (TPSA) is 82.5 Å². The summed E-state index contributed by atoms with van der Waals surface area (Å²) in [7, 11) is 0. The van der Waals surface area contributed by atoms with Gasteiger partial charge in [0.25, 0.3) is 5.91 Å². The third-order valence-electron chi connectivity index (χ3n) is 2.37. The van der Waals surface area contributed by atoms with Gasteiger partial charge in [-0.2, -0.15) is 0 Å². The van der Waals surface area contributed by atoms with Gasteiger partial charge in [0.2, 0.25) is 0 Å². The molecule has 2 rings (SSSR count). The van der Waals surface area contributed by atoms with Crippen molar-refractivity contribution >= 4 is 23.2 Å². The van der Waals surface area contributed by atoms with Crippen LogP contribution in [0.3, 0.4) is 0 Å². The number of carboxylic acid groups (broad SMARTS) is 1. The zero-order valence-electron chi connectivity index (χ0n) is 8.47. The van der Waals surface area contributed by atoms with Crippen LogP contribution in [0.1, 0.15) is 20.2 Å². The summed E-state index contributed by atoms with van der Waals surface area (Å²) in [6.45, 7) is 2.70. The van der Waals surface area contributed by atoms with E-state index >= 15 is 0 Å². The highest BCUT2D eigenvalue weighted by Crippen LogP contribution is 2.16. The average molecular weight is 241 g/mol. The van der Waals surface area contributed by atoms with Gasteiger partial charge in [0.1, 0.15) is 4.88 Å². The lowest BCUT2D eigenvalue weighted by Crippen LogP contribution is -2.46. The number of nitrogens with one attached hydrogen (secondary N) is 1. The third-order valence-corrected chi connectivity index (χ3v) is 3.18. The summed E-state index contributed by atoms with van der Waals surface area (Å²) in [5, 5.41) is 12.0. The van der Waals surface area contributed by atoms with Gasteiger partial charge in [0, 0.05) is 26.2 Å². The molecule has 1 aromatic rings. The molecule has 1 aromatic heterocycles. The van der Waals surface area contributed by atoms with E-state index in [0.29, 0.717) is 13.1 Å². The van der Waals surface area contributed by atoms with Crippen molar-refractivity contribution in [3.63, 3.8) is 0 Å². The number of carboxylic acids is 1. The van der Waals surface area contributed by atoms with E-state index in [0.717, 1.165) is 24.4 Å². The molecule has 1 amide bonds. The van der Waals surface area contributed by atoms with E-state index in [1.54, 1.807) is 4.90 Å². The lowest BCUT2D eigenvalue weighted by Gasteiger charge is -2.26. The van der Waals surface area contributed by atoms with Crippen LogP contribution in [0.4, 0.5) is 0 Å². The molecule has 1 fully saturated rings. The number of aromatic nitrogens is 1. The SMILES string of the molecule is O=C(O)c1ncsc1C(=O)N1CCNCC1. The van der Waals surface area contributed by atoms with Crippen molar-refractivity contribution in [2.45, 2.75) is 0 Å². The van der Waals surface area contributed by atoms with Crippen molar-refractivity contribution in [3.05, 3.63) is 16.1 Å². The van der Waals surface area contributed by atoms with Gasteiger partial charge in [-0.05, 0) is 0 Å². The Morgan fingerprint density at radius 1 is 1.44 bits per heavy atom. The van der Waals surface area contributed by atoms with Crippen LogP contribution in [-0.4, -0.2) is 53.0 Å². The molecule has 0 atom stereocenters. The monoisotopic (exact) mass is 241 g/mol. The molecule has 7 heteroatoms. The molecule has 2 N–H and O–H groups in total. The minimum Gasteiger partial charge on any atom is -0.476 e. The van der Waals surface area contributed by atoms with Gasteiger partial charge in [0.15, 0.2) is 5.69 Å². The number of hydrogen-bond acceptors (Lipinski definition) is 5. The van der Waals surface area contributed by atoms with E-state index in [2.05, 4.69) is 10.3 Å². The van der Waals surface area contributed by atoms with E-state index in [1.165, 1.54) is 5.51 Å². The van der Waals surface area contributed by atoms with Crippen LogP contribution < -0.4 is 5.32 Å². The molecule has 0 aromatic carbocycles. The molecular formula is C9H11N3O3S.